The molecule has 1 spiro atoms. The van der Waals surface area contributed by atoms with Crippen LogP contribution in [0.3, 0.4) is 0 Å². The van der Waals surface area contributed by atoms with Crippen LogP contribution >= 0.6 is 0 Å². The van der Waals surface area contributed by atoms with Gasteiger partial charge in [-0.2, -0.15) is 0 Å². The normalized spacial score (nSPS) is 43.6. The van der Waals surface area contributed by atoms with Gasteiger partial charge in [0.15, 0.2) is 5.79 Å². The fourth-order valence-corrected chi connectivity index (χ4v) is 4.15. The van der Waals surface area contributed by atoms with E-state index in [0.717, 1.165) is 38.9 Å². The second-order valence-electron chi connectivity index (χ2n) is 7.43. The SMILES string of the molecule is CN[C@@]12C[C@H](OC)C[C@@H]1CC1(C2)OCC(C)(C)CO1. The van der Waals surface area contributed by atoms with Crippen molar-refractivity contribution in [2.24, 2.45) is 11.3 Å². The molecule has 4 nitrogen and oxygen atoms in total. The lowest BCUT2D eigenvalue weighted by Crippen LogP contribution is -2.50. The number of rotatable bonds is 2. The van der Waals surface area contributed by atoms with Crippen LogP contribution in [0.5, 0.6) is 0 Å². The molecule has 0 unspecified atom stereocenters. The van der Waals surface area contributed by atoms with E-state index in [0.29, 0.717) is 12.0 Å². The molecule has 0 aromatic heterocycles. The molecular weight excluding hydrogens is 242 g/mol. The molecule has 0 radical (unpaired) electrons. The molecule has 3 aliphatic rings. The van der Waals surface area contributed by atoms with Crippen LogP contribution in [-0.4, -0.2) is 44.8 Å². The predicted octanol–water partition coefficient (Wildman–Crippen LogP) is 1.93. The minimum Gasteiger partial charge on any atom is -0.381 e. The number of nitrogens with one attached hydrogen (secondary N) is 1. The topological polar surface area (TPSA) is 39.7 Å². The van der Waals surface area contributed by atoms with E-state index < -0.39 is 0 Å². The summed E-state index contributed by atoms with van der Waals surface area (Å²) in [5.74, 6) is 0.255. The van der Waals surface area contributed by atoms with E-state index in [1.54, 1.807) is 0 Å². The van der Waals surface area contributed by atoms with E-state index >= 15 is 0 Å². The molecule has 1 heterocycles. The van der Waals surface area contributed by atoms with Crippen molar-refractivity contribution in [1.82, 2.24) is 5.32 Å². The van der Waals surface area contributed by atoms with Gasteiger partial charge in [-0.3, -0.25) is 0 Å². The van der Waals surface area contributed by atoms with Gasteiger partial charge in [-0.25, -0.2) is 0 Å². The summed E-state index contributed by atoms with van der Waals surface area (Å²) in [5.41, 5.74) is 0.285. The molecular formula is C15H27NO3. The average Bonchev–Trinajstić information content (AvgIpc) is 2.85. The summed E-state index contributed by atoms with van der Waals surface area (Å²) in [5, 5.41) is 3.56. The molecule has 19 heavy (non-hydrogen) atoms. The van der Waals surface area contributed by atoms with Gasteiger partial charge in [0, 0.05) is 30.9 Å². The predicted molar refractivity (Wildman–Crippen MR) is 73.0 cm³/mol. The van der Waals surface area contributed by atoms with Crippen LogP contribution in [0.2, 0.25) is 0 Å². The second-order valence-corrected chi connectivity index (χ2v) is 7.43. The Morgan fingerprint density at radius 3 is 2.37 bits per heavy atom. The van der Waals surface area contributed by atoms with E-state index in [2.05, 4.69) is 26.2 Å². The summed E-state index contributed by atoms with van der Waals surface area (Å²) in [6.45, 7) is 6.00. The van der Waals surface area contributed by atoms with Gasteiger partial charge >= 0.3 is 0 Å². The molecule has 3 fully saturated rings. The molecule has 3 rings (SSSR count). The quantitative estimate of drug-likeness (QED) is 0.831. The maximum absolute atomic E-state index is 6.17. The summed E-state index contributed by atoms with van der Waals surface area (Å²) in [6, 6.07) is 0. The third-order valence-electron chi connectivity index (χ3n) is 5.35. The Bertz CT molecular complexity index is 347. The highest BCUT2D eigenvalue weighted by Gasteiger charge is 2.61. The highest BCUT2D eigenvalue weighted by Crippen LogP contribution is 2.55. The largest absolute Gasteiger partial charge is 0.381 e. The Morgan fingerprint density at radius 1 is 1.16 bits per heavy atom. The first-order valence-corrected chi connectivity index (χ1v) is 7.42. The molecule has 1 N–H and O–H groups in total. The fraction of sp³-hybridized carbons (Fsp3) is 1.00. The zero-order valence-electron chi connectivity index (χ0n) is 12.6. The second kappa shape index (κ2) is 4.42. The van der Waals surface area contributed by atoms with Crippen LogP contribution in [-0.2, 0) is 14.2 Å². The molecule has 4 heteroatoms. The lowest BCUT2D eigenvalue weighted by molar-refractivity contribution is -0.298. The lowest BCUT2D eigenvalue weighted by atomic mass is 9.90. The molecule has 2 saturated carbocycles. The first-order valence-electron chi connectivity index (χ1n) is 7.42. The molecule has 0 bridgehead atoms. The Morgan fingerprint density at radius 2 is 1.84 bits per heavy atom. The molecule has 0 aromatic rings. The summed E-state index contributed by atoms with van der Waals surface area (Å²) in [4.78, 5) is 0. The van der Waals surface area contributed by atoms with Crippen molar-refractivity contribution in [2.45, 2.75) is 57.0 Å². The minimum absolute atomic E-state index is 0.141. The maximum Gasteiger partial charge on any atom is 0.170 e. The number of hydrogen-bond acceptors (Lipinski definition) is 4. The lowest BCUT2D eigenvalue weighted by Gasteiger charge is -2.42. The number of methoxy groups -OCH3 is 1. The smallest absolute Gasteiger partial charge is 0.170 e. The third-order valence-corrected chi connectivity index (χ3v) is 5.35. The molecule has 2 aliphatic carbocycles. The average molecular weight is 269 g/mol. The van der Waals surface area contributed by atoms with Gasteiger partial charge in [-0.05, 0) is 25.8 Å². The summed E-state index contributed by atoms with van der Waals surface area (Å²) < 4.78 is 17.9. The van der Waals surface area contributed by atoms with Crippen molar-refractivity contribution < 1.29 is 14.2 Å². The number of ether oxygens (including phenoxy) is 3. The number of fused-ring (bicyclic) bond motifs is 1. The highest BCUT2D eigenvalue weighted by molar-refractivity contribution is 5.12. The van der Waals surface area contributed by atoms with E-state index in [9.17, 15) is 0 Å². The molecule has 1 aliphatic heterocycles. The Hall–Kier alpha value is -0.160. The Labute approximate surface area is 116 Å². The van der Waals surface area contributed by atoms with Crippen molar-refractivity contribution in [3.8, 4) is 0 Å². The Kier molecular flexibility index (Phi) is 3.21. The summed E-state index contributed by atoms with van der Waals surface area (Å²) in [6.07, 6.45) is 4.54. The molecule has 1 saturated heterocycles. The van der Waals surface area contributed by atoms with Crippen LogP contribution in [0.1, 0.15) is 39.5 Å². The third kappa shape index (κ3) is 2.23. The first-order chi connectivity index (χ1) is 8.93. The zero-order chi connectivity index (χ0) is 13.7. The van der Waals surface area contributed by atoms with Gasteiger partial charge in [-0.1, -0.05) is 13.8 Å². The van der Waals surface area contributed by atoms with Crippen LogP contribution in [0.25, 0.3) is 0 Å². The van der Waals surface area contributed by atoms with Gasteiger partial charge in [0.1, 0.15) is 0 Å². The minimum atomic E-state index is -0.345. The molecule has 0 aromatic carbocycles. The van der Waals surface area contributed by atoms with Crippen molar-refractivity contribution in [2.75, 3.05) is 27.4 Å². The van der Waals surface area contributed by atoms with Crippen LogP contribution in [0, 0.1) is 11.3 Å². The van der Waals surface area contributed by atoms with Crippen molar-refractivity contribution in [3.05, 3.63) is 0 Å². The van der Waals surface area contributed by atoms with Crippen molar-refractivity contribution in [1.29, 1.82) is 0 Å². The molecule has 110 valence electrons. The van der Waals surface area contributed by atoms with E-state index in [1.807, 2.05) is 7.11 Å². The fourth-order valence-electron chi connectivity index (χ4n) is 4.15. The first kappa shape index (κ1) is 13.8. The van der Waals surface area contributed by atoms with Gasteiger partial charge in [0.2, 0.25) is 0 Å². The molecule has 0 amide bonds. The summed E-state index contributed by atoms with van der Waals surface area (Å²) in [7, 11) is 3.89. The molecule has 3 atom stereocenters. The van der Waals surface area contributed by atoms with Crippen LogP contribution in [0.4, 0.5) is 0 Å². The van der Waals surface area contributed by atoms with Crippen molar-refractivity contribution in [3.63, 3.8) is 0 Å². The van der Waals surface area contributed by atoms with Crippen molar-refractivity contribution >= 4 is 0 Å². The van der Waals surface area contributed by atoms with Gasteiger partial charge in [0.25, 0.3) is 0 Å². The standard InChI is InChI=1S/C15H27NO3/c1-13(2)9-18-15(19-10-13)6-11-5-12(17-4)7-14(11,8-15)16-3/h11-12,16H,5-10H2,1-4H3/t11-,12-,14-/m1/s1. The van der Waals surface area contributed by atoms with Gasteiger partial charge < -0.3 is 19.5 Å². The van der Waals surface area contributed by atoms with E-state index in [4.69, 9.17) is 14.2 Å². The van der Waals surface area contributed by atoms with Crippen LogP contribution < -0.4 is 5.32 Å². The van der Waals surface area contributed by atoms with Crippen LogP contribution in [0.15, 0.2) is 0 Å². The Balaban J connectivity index is 1.74. The maximum atomic E-state index is 6.17. The zero-order valence-corrected chi connectivity index (χ0v) is 12.6. The summed E-state index contributed by atoms with van der Waals surface area (Å²) >= 11 is 0. The van der Waals surface area contributed by atoms with E-state index in [-0.39, 0.29) is 16.7 Å². The van der Waals surface area contributed by atoms with E-state index in [1.165, 1.54) is 0 Å². The monoisotopic (exact) mass is 269 g/mol. The van der Waals surface area contributed by atoms with Gasteiger partial charge in [-0.15, -0.1) is 0 Å². The van der Waals surface area contributed by atoms with Gasteiger partial charge in [0.05, 0.1) is 19.3 Å². The highest BCUT2D eigenvalue weighted by atomic mass is 16.7. The number of hydrogen-bond donors (Lipinski definition) is 1.